The van der Waals surface area contributed by atoms with Gasteiger partial charge in [0.1, 0.15) is 0 Å². The summed E-state index contributed by atoms with van der Waals surface area (Å²) < 4.78 is 54.2. The predicted molar refractivity (Wildman–Crippen MR) is 133 cm³/mol. The number of nitrogens with one attached hydrogen (secondary N) is 1. The molecule has 5 atom stereocenters. The molecule has 2 saturated carbocycles. The lowest BCUT2D eigenvalue weighted by atomic mass is 9.81. The molecule has 4 rings (SSSR count). The first kappa shape index (κ1) is 26.0. The first-order valence-electron chi connectivity index (χ1n) is 11.9. The Balaban J connectivity index is 1.58. The minimum Gasteiger partial charge on any atom is -0.322 e. The fraction of sp³-hybridized carbons (Fsp3) is 0.500. The molecule has 2 fully saturated rings. The van der Waals surface area contributed by atoms with E-state index in [-0.39, 0.29) is 33.0 Å². The number of anilines is 1. The molecule has 2 aliphatic carbocycles. The Morgan fingerprint density at radius 3 is 2.43 bits per heavy atom. The molecule has 0 saturated heterocycles. The van der Waals surface area contributed by atoms with Crippen molar-refractivity contribution in [3.8, 4) is 0 Å². The van der Waals surface area contributed by atoms with Crippen LogP contribution in [0.15, 0.2) is 41.3 Å². The minimum atomic E-state index is -3.79. The van der Waals surface area contributed by atoms with Crippen LogP contribution >= 0.6 is 11.6 Å². The van der Waals surface area contributed by atoms with Gasteiger partial charge in [-0.2, -0.15) is 0 Å². The smallest absolute Gasteiger partial charge is 0.255 e. The Kier molecular flexibility index (Phi) is 7.28. The number of carbonyl (C=O) groups excluding carboxylic acids is 1. The van der Waals surface area contributed by atoms with Crippen LogP contribution in [0.1, 0.15) is 50.4 Å². The predicted octanol–water partition coefficient (Wildman–Crippen LogP) is 5.79. The molecule has 0 aliphatic heterocycles. The Hall–Kier alpha value is -2.03. The van der Waals surface area contributed by atoms with Crippen molar-refractivity contribution in [3.05, 3.63) is 58.6 Å². The third kappa shape index (κ3) is 4.98. The van der Waals surface area contributed by atoms with Gasteiger partial charge in [-0.05, 0) is 88.2 Å². The van der Waals surface area contributed by atoms with Crippen molar-refractivity contribution in [3.63, 3.8) is 0 Å². The highest BCUT2D eigenvalue weighted by Crippen LogP contribution is 2.51. The monoisotopic (exact) mass is 524 g/mol. The first-order valence-corrected chi connectivity index (χ1v) is 13.8. The van der Waals surface area contributed by atoms with E-state index in [1.807, 2.05) is 0 Å². The summed E-state index contributed by atoms with van der Waals surface area (Å²) >= 11 is 6.33. The van der Waals surface area contributed by atoms with Gasteiger partial charge in [-0.1, -0.05) is 18.5 Å². The van der Waals surface area contributed by atoms with E-state index in [9.17, 15) is 22.0 Å². The summed E-state index contributed by atoms with van der Waals surface area (Å²) in [5.74, 6) is -1.76. The van der Waals surface area contributed by atoms with Gasteiger partial charge in [-0.25, -0.2) is 17.2 Å². The van der Waals surface area contributed by atoms with Gasteiger partial charge in [0.05, 0.1) is 15.2 Å². The molecule has 190 valence electrons. The van der Waals surface area contributed by atoms with E-state index in [4.69, 9.17) is 11.6 Å². The van der Waals surface area contributed by atoms with Crippen LogP contribution in [0.25, 0.3) is 0 Å². The fourth-order valence-corrected chi connectivity index (χ4v) is 8.28. The lowest BCUT2D eigenvalue weighted by Crippen LogP contribution is -2.49. The molecule has 2 aliphatic rings. The highest BCUT2D eigenvalue weighted by Gasteiger charge is 2.51. The van der Waals surface area contributed by atoms with Crippen LogP contribution in [0, 0.1) is 29.4 Å². The Morgan fingerprint density at radius 2 is 1.80 bits per heavy atom. The van der Waals surface area contributed by atoms with Crippen molar-refractivity contribution < 1.29 is 22.0 Å². The number of fused-ring (bicyclic) bond motifs is 2. The fourth-order valence-electron chi connectivity index (χ4n) is 5.87. The zero-order valence-electron chi connectivity index (χ0n) is 20.3. The summed E-state index contributed by atoms with van der Waals surface area (Å²) in [7, 11) is -1.67. The van der Waals surface area contributed by atoms with Crippen LogP contribution in [0.3, 0.4) is 0 Å². The van der Waals surface area contributed by atoms with E-state index >= 15 is 0 Å². The van der Waals surface area contributed by atoms with Gasteiger partial charge in [0, 0.05) is 29.4 Å². The number of nitrogens with zero attached hydrogens (tertiary/aromatic N) is 1. The molecule has 0 radical (unpaired) electrons. The summed E-state index contributed by atoms with van der Waals surface area (Å²) in [5.41, 5.74) is 0.133. The van der Waals surface area contributed by atoms with E-state index < -0.39 is 32.6 Å². The number of hydrogen-bond acceptors (Lipinski definition) is 4. The molecule has 2 aromatic carbocycles. The maximum absolute atomic E-state index is 13.7. The van der Waals surface area contributed by atoms with Crippen LogP contribution in [-0.2, 0) is 9.84 Å². The van der Waals surface area contributed by atoms with Gasteiger partial charge in [-0.15, -0.1) is 0 Å². The lowest BCUT2D eigenvalue weighted by molar-refractivity contribution is 0.0889. The number of sulfone groups is 1. The van der Waals surface area contributed by atoms with E-state index in [0.29, 0.717) is 30.8 Å². The summed E-state index contributed by atoms with van der Waals surface area (Å²) in [6.07, 6.45) is 2.12. The maximum Gasteiger partial charge on any atom is 0.255 e. The average molecular weight is 525 g/mol. The SMILES string of the molecule is CC(C)N(C)[C@H]1[C@H]2C[C@@H](S(=O)(=O)c3cc(C(=O)Nc4ccc(F)c(F)c4)ccc3Cl)C[C@@H]1[C@@H](C)C2. The first-order chi connectivity index (χ1) is 16.4. The highest BCUT2D eigenvalue weighted by atomic mass is 35.5. The van der Waals surface area contributed by atoms with Gasteiger partial charge in [0.15, 0.2) is 21.5 Å². The molecule has 2 bridgehead atoms. The molecule has 0 unspecified atom stereocenters. The van der Waals surface area contributed by atoms with Crippen molar-refractivity contribution in [2.24, 2.45) is 17.8 Å². The number of carbonyl (C=O) groups is 1. The van der Waals surface area contributed by atoms with Gasteiger partial charge in [-0.3, -0.25) is 4.79 Å². The number of halogens is 3. The molecule has 0 aromatic heterocycles. The molecule has 2 aromatic rings. The summed E-state index contributed by atoms with van der Waals surface area (Å²) in [6, 6.07) is 7.83. The molecule has 1 amide bonds. The molecule has 1 N–H and O–H groups in total. The van der Waals surface area contributed by atoms with Crippen molar-refractivity contribution >= 4 is 33.0 Å². The standard InChI is InChI=1S/C26H31ClF2N2O3S/c1-14(2)31(4)25-17-9-15(3)20(25)13-19(10-17)35(33,34)24-11-16(5-7-21(24)27)26(32)30-18-6-8-22(28)23(29)12-18/h5-8,11-12,14-15,17,19-20,25H,9-10,13H2,1-4H3,(H,30,32)/t15-,17+,19+,20+,25-/m0/s1. The van der Waals surface area contributed by atoms with E-state index in [1.165, 1.54) is 24.3 Å². The van der Waals surface area contributed by atoms with Crippen molar-refractivity contribution in [2.75, 3.05) is 12.4 Å². The third-order valence-electron chi connectivity index (χ3n) is 7.83. The second-order valence-corrected chi connectivity index (χ2v) is 12.9. The van der Waals surface area contributed by atoms with Crippen LogP contribution in [0.4, 0.5) is 14.5 Å². The van der Waals surface area contributed by atoms with Crippen LogP contribution < -0.4 is 5.32 Å². The second kappa shape index (κ2) is 9.79. The molecule has 0 heterocycles. The van der Waals surface area contributed by atoms with Crippen molar-refractivity contribution in [1.29, 1.82) is 0 Å². The molecule has 35 heavy (non-hydrogen) atoms. The summed E-state index contributed by atoms with van der Waals surface area (Å²) in [5, 5.41) is 1.97. The normalized spacial score (nSPS) is 26.4. The molecule has 5 nitrogen and oxygen atoms in total. The maximum atomic E-state index is 13.7. The van der Waals surface area contributed by atoms with Gasteiger partial charge in [0.25, 0.3) is 5.91 Å². The number of amides is 1. The van der Waals surface area contributed by atoms with E-state index in [2.05, 4.69) is 38.0 Å². The van der Waals surface area contributed by atoms with Crippen LogP contribution in [0.2, 0.25) is 5.02 Å². The van der Waals surface area contributed by atoms with Crippen molar-refractivity contribution in [1.82, 2.24) is 4.90 Å². The Labute approximate surface area is 210 Å². The zero-order chi connectivity index (χ0) is 25.7. The summed E-state index contributed by atoms with van der Waals surface area (Å²) in [4.78, 5) is 15.1. The average Bonchev–Trinajstić information content (AvgIpc) is 2.99. The zero-order valence-corrected chi connectivity index (χ0v) is 21.8. The van der Waals surface area contributed by atoms with Gasteiger partial charge in [0.2, 0.25) is 0 Å². The quantitative estimate of drug-likeness (QED) is 0.519. The molecular weight excluding hydrogens is 494 g/mol. The van der Waals surface area contributed by atoms with E-state index in [0.717, 1.165) is 18.6 Å². The Morgan fingerprint density at radius 1 is 1.09 bits per heavy atom. The topological polar surface area (TPSA) is 66.5 Å². The lowest BCUT2D eigenvalue weighted by Gasteiger charge is -2.42. The number of hydrogen-bond donors (Lipinski definition) is 1. The minimum absolute atomic E-state index is 0.0615. The number of rotatable bonds is 6. The second-order valence-electron chi connectivity index (χ2n) is 10.3. The number of benzene rings is 2. The van der Waals surface area contributed by atoms with Crippen LogP contribution in [0.5, 0.6) is 0 Å². The van der Waals surface area contributed by atoms with Gasteiger partial charge < -0.3 is 10.2 Å². The largest absolute Gasteiger partial charge is 0.322 e. The molecule has 0 spiro atoms. The summed E-state index contributed by atoms with van der Waals surface area (Å²) in [6.45, 7) is 6.52. The molecule has 9 heteroatoms. The third-order valence-corrected chi connectivity index (χ3v) is 10.5. The Bertz CT molecular complexity index is 1240. The van der Waals surface area contributed by atoms with Gasteiger partial charge >= 0.3 is 0 Å². The van der Waals surface area contributed by atoms with Crippen molar-refractivity contribution in [2.45, 2.75) is 62.3 Å². The molecular formula is C26H31ClF2N2O3S. The van der Waals surface area contributed by atoms with E-state index in [1.54, 1.807) is 0 Å². The highest BCUT2D eigenvalue weighted by molar-refractivity contribution is 7.92. The van der Waals surface area contributed by atoms with Crippen LogP contribution in [-0.4, -0.2) is 43.6 Å².